The zero-order chi connectivity index (χ0) is 24.9. The van der Waals surface area contributed by atoms with Gasteiger partial charge in [-0.3, -0.25) is 4.79 Å². The quantitative estimate of drug-likeness (QED) is 0.331. The molecule has 1 aromatic carbocycles. The van der Waals surface area contributed by atoms with Gasteiger partial charge in [0.1, 0.15) is 5.82 Å². The van der Waals surface area contributed by atoms with E-state index in [9.17, 15) is 4.79 Å². The number of fused-ring (bicyclic) bond motifs is 1. The van der Waals surface area contributed by atoms with Crippen LogP contribution in [0.3, 0.4) is 0 Å². The maximum atomic E-state index is 12.8. The van der Waals surface area contributed by atoms with Gasteiger partial charge in [-0.15, -0.1) is 0 Å². The fraction of sp³-hybridized carbons (Fsp3) is 0.500. The number of aromatic nitrogens is 4. The van der Waals surface area contributed by atoms with E-state index in [0.717, 1.165) is 35.1 Å². The highest BCUT2D eigenvalue weighted by molar-refractivity contribution is 7.99. The highest BCUT2D eigenvalue weighted by Gasteiger charge is 2.22. The monoisotopic (exact) mass is 500 g/mol. The van der Waals surface area contributed by atoms with Gasteiger partial charge in [-0.25, -0.2) is 14.6 Å². The summed E-state index contributed by atoms with van der Waals surface area (Å²) in [7, 11) is 4.57. The summed E-state index contributed by atoms with van der Waals surface area (Å²) in [6, 6.07) is 3.26. The van der Waals surface area contributed by atoms with E-state index in [0.29, 0.717) is 41.2 Å². The van der Waals surface area contributed by atoms with Crippen molar-refractivity contribution < 1.29 is 19.0 Å². The SMILES string of the molecule is COc1cc(C(=O)NCCn2ncc3c(N4CCCC4)nc(SC(C)C)nc32)cc(OC)c1OC. The van der Waals surface area contributed by atoms with Crippen LogP contribution in [0.1, 0.15) is 37.0 Å². The zero-order valence-corrected chi connectivity index (χ0v) is 21.6. The summed E-state index contributed by atoms with van der Waals surface area (Å²) in [4.78, 5) is 24.8. The first kappa shape index (κ1) is 24.9. The van der Waals surface area contributed by atoms with Crippen molar-refractivity contribution in [2.75, 3.05) is 45.9 Å². The predicted octanol–water partition coefficient (Wildman–Crippen LogP) is 3.38. The van der Waals surface area contributed by atoms with E-state index in [1.54, 1.807) is 23.9 Å². The first-order chi connectivity index (χ1) is 16.9. The lowest BCUT2D eigenvalue weighted by Gasteiger charge is -2.18. The Morgan fingerprint density at radius 2 is 1.77 bits per heavy atom. The van der Waals surface area contributed by atoms with E-state index in [2.05, 4.69) is 29.2 Å². The number of carbonyl (C=O) groups is 1. The van der Waals surface area contributed by atoms with Crippen molar-refractivity contribution in [2.45, 2.75) is 43.6 Å². The van der Waals surface area contributed by atoms with Crippen LogP contribution < -0.4 is 24.4 Å². The molecule has 188 valence electrons. The van der Waals surface area contributed by atoms with Crippen LogP contribution in [0.25, 0.3) is 11.0 Å². The molecule has 1 amide bonds. The molecule has 1 fully saturated rings. The zero-order valence-electron chi connectivity index (χ0n) is 20.8. The van der Waals surface area contributed by atoms with E-state index < -0.39 is 0 Å². The lowest BCUT2D eigenvalue weighted by molar-refractivity contribution is 0.0951. The standard InChI is InChI=1S/C24H32N6O4S/c1-15(2)35-24-27-21(29-9-6-7-10-29)17-14-26-30(22(17)28-24)11-8-25-23(31)16-12-18(32-3)20(34-5)19(13-16)33-4/h12-15H,6-11H2,1-5H3,(H,25,31). The molecule has 0 saturated carbocycles. The molecule has 4 rings (SSSR count). The topological polar surface area (TPSA) is 104 Å². The molecule has 0 bridgehead atoms. The third-order valence-electron chi connectivity index (χ3n) is 5.74. The number of amides is 1. The summed E-state index contributed by atoms with van der Waals surface area (Å²) in [6.07, 6.45) is 4.16. The summed E-state index contributed by atoms with van der Waals surface area (Å²) >= 11 is 1.64. The van der Waals surface area contributed by atoms with Crippen LogP contribution in [0.15, 0.2) is 23.5 Å². The molecule has 0 aliphatic carbocycles. The van der Waals surface area contributed by atoms with Crippen LogP contribution in [-0.2, 0) is 6.54 Å². The van der Waals surface area contributed by atoms with Gasteiger partial charge in [0.25, 0.3) is 5.91 Å². The normalized spacial score (nSPS) is 13.5. The van der Waals surface area contributed by atoms with Gasteiger partial charge in [-0.05, 0) is 25.0 Å². The average Bonchev–Trinajstić information content (AvgIpc) is 3.53. The summed E-state index contributed by atoms with van der Waals surface area (Å²) < 4.78 is 17.9. The Hall–Kier alpha value is -3.21. The Morgan fingerprint density at radius 3 is 2.37 bits per heavy atom. The number of nitrogens with one attached hydrogen (secondary N) is 1. The molecule has 0 spiro atoms. The fourth-order valence-electron chi connectivity index (χ4n) is 4.11. The van der Waals surface area contributed by atoms with Crippen LogP contribution in [0, 0.1) is 0 Å². The molecular formula is C24H32N6O4S. The Balaban J connectivity index is 1.52. The number of anilines is 1. The smallest absolute Gasteiger partial charge is 0.251 e. The van der Waals surface area contributed by atoms with Gasteiger partial charge < -0.3 is 24.4 Å². The molecule has 11 heteroatoms. The number of carbonyl (C=O) groups excluding carboxylic acids is 1. The van der Waals surface area contributed by atoms with Gasteiger partial charge >= 0.3 is 0 Å². The van der Waals surface area contributed by atoms with E-state index >= 15 is 0 Å². The number of hydrogen-bond acceptors (Lipinski definition) is 9. The maximum absolute atomic E-state index is 12.8. The Morgan fingerprint density at radius 1 is 1.09 bits per heavy atom. The number of thioether (sulfide) groups is 1. The second-order valence-corrected chi connectivity index (χ2v) is 10.0. The Bertz CT molecular complexity index is 1170. The summed E-state index contributed by atoms with van der Waals surface area (Å²) in [5.74, 6) is 2.00. The van der Waals surface area contributed by atoms with Gasteiger partial charge in [-0.1, -0.05) is 25.6 Å². The Labute approximate surface area is 209 Å². The fourth-order valence-corrected chi connectivity index (χ4v) is 4.81. The van der Waals surface area contributed by atoms with Crippen molar-refractivity contribution in [3.05, 3.63) is 23.9 Å². The van der Waals surface area contributed by atoms with Crippen LogP contribution in [0.5, 0.6) is 17.2 Å². The first-order valence-corrected chi connectivity index (χ1v) is 12.6. The number of rotatable bonds is 10. The second-order valence-electron chi connectivity index (χ2n) is 8.47. The molecule has 0 unspecified atom stereocenters. The largest absolute Gasteiger partial charge is 0.493 e. The number of hydrogen-bond donors (Lipinski definition) is 1. The number of ether oxygens (including phenoxy) is 3. The van der Waals surface area contributed by atoms with Crippen molar-refractivity contribution >= 4 is 34.5 Å². The molecule has 3 heterocycles. The molecule has 10 nitrogen and oxygen atoms in total. The maximum Gasteiger partial charge on any atom is 0.251 e. The molecule has 0 radical (unpaired) electrons. The van der Waals surface area contributed by atoms with Crippen molar-refractivity contribution in [1.29, 1.82) is 0 Å². The second kappa shape index (κ2) is 11.0. The molecule has 1 N–H and O–H groups in total. The van der Waals surface area contributed by atoms with Gasteiger partial charge in [0.2, 0.25) is 5.75 Å². The van der Waals surface area contributed by atoms with Gasteiger partial charge in [0.15, 0.2) is 22.3 Å². The minimum absolute atomic E-state index is 0.246. The van der Waals surface area contributed by atoms with Gasteiger partial charge in [-0.2, -0.15) is 5.10 Å². The van der Waals surface area contributed by atoms with E-state index in [-0.39, 0.29) is 5.91 Å². The number of benzene rings is 1. The van der Waals surface area contributed by atoms with Crippen molar-refractivity contribution in [3.8, 4) is 17.2 Å². The lowest BCUT2D eigenvalue weighted by atomic mass is 10.1. The highest BCUT2D eigenvalue weighted by Crippen LogP contribution is 2.38. The van der Waals surface area contributed by atoms with E-state index in [1.807, 2.05) is 10.9 Å². The molecule has 1 saturated heterocycles. The van der Waals surface area contributed by atoms with Crippen LogP contribution >= 0.6 is 11.8 Å². The minimum atomic E-state index is -0.246. The van der Waals surface area contributed by atoms with Crippen LogP contribution in [0.4, 0.5) is 5.82 Å². The first-order valence-electron chi connectivity index (χ1n) is 11.7. The third-order valence-corrected chi connectivity index (χ3v) is 6.60. The van der Waals surface area contributed by atoms with Gasteiger partial charge in [0, 0.05) is 30.4 Å². The molecule has 0 atom stereocenters. The third kappa shape index (κ3) is 5.39. The summed E-state index contributed by atoms with van der Waals surface area (Å²) in [5, 5.41) is 9.57. The summed E-state index contributed by atoms with van der Waals surface area (Å²) in [5.41, 5.74) is 1.20. The molecule has 1 aliphatic rings. The molecule has 1 aliphatic heterocycles. The van der Waals surface area contributed by atoms with Crippen molar-refractivity contribution in [3.63, 3.8) is 0 Å². The number of nitrogens with zero attached hydrogens (tertiary/aromatic N) is 5. The van der Waals surface area contributed by atoms with E-state index in [1.165, 1.54) is 34.2 Å². The van der Waals surface area contributed by atoms with Crippen LogP contribution in [0.2, 0.25) is 0 Å². The molecule has 3 aromatic rings. The van der Waals surface area contributed by atoms with E-state index in [4.69, 9.17) is 24.2 Å². The van der Waals surface area contributed by atoms with Crippen molar-refractivity contribution in [1.82, 2.24) is 25.1 Å². The average molecular weight is 501 g/mol. The Kier molecular flexibility index (Phi) is 7.84. The molecule has 35 heavy (non-hydrogen) atoms. The number of methoxy groups -OCH3 is 3. The van der Waals surface area contributed by atoms with Crippen molar-refractivity contribution in [2.24, 2.45) is 0 Å². The predicted molar refractivity (Wildman–Crippen MR) is 136 cm³/mol. The summed E-state index contributed by atoms with van der Waals surface area (Å²) in [6.45, 7) is 7.10. The van der Waals surface area contributed by atoms with Gasteiger partial charge in [0.05, 0.1) is 39.5 Å². The molecular weight excluding hydrogens is 468 g/mol. The van der Waals surface area contributed by atoms with Crippen LogP contribution in [-0.4, -0.2) is 71.9 Å². The molecule has 2 aromatic heterocycles. The highest BCUT2D eigenvalue weighted by atomic mass is 32.2. The minimum Gasteiger partial charge on any atom is -0.493 e. The lowest BCUT2D eigenvalue weighted by Crippen LogP contribution is -2.27.